The van der Waals surface area contributed by atoms with Crippen LogP contribution in [0.1, 0.15) is 57.6 Å². The highest BCUT2D eigenvalue weighted by atomic mass is 127. The number of guanidine groups is 1. The van der Waals surface area contributed by atoms with Crippen LogP contribution < -0.4 is 10.6 Å². The van der Waals surface area contributed by atoms with Gasteiger partial charge in [0.25, 0.3) is 0 Å². The lowest BCUT2D eigenvalue weighted by Gasteiger charge is -2.27. The topological polar surface area (TPSA) is 65.9 Å². The summed E-state index contributed by atoms with van der Waals surface area (Å²) in [6, 6.07) is 6.31. The summed E-state index contributed by atoms with van der Waals surface area (Å²) in [5.74, 6) is 0.269. The number of nitrogens with one attached hydrogen (secondary N) is 2. The number of benzene rings is 1. The van der Waals surface area contributed by atoms with Crippen molar-refractivity contribution in [3.8, 4) is 0 Å². The molecular weight excluding hydrogens is 472 g/mol. The number of aliphatic imine (C=N–C) groups is 1. The van der Waals surface area contributed by atoms with Crippen LogP contribution in [0, 0.1) is 11.2 Å². The molecule has 0 heterocycles. The van der Waals surface area contributed by atoms with Crippen LogP contribution in [0.3, 0.4) is 0 Å². The van der Waals surface area contributed by atoms with Gasteiger partial charge >= 0.3 is 0 Å². The van der Waals surface area contributed by atoms with Crippen molar-refractivity contribution < 1.29 is 14.2 Å². The number of hydrogen-bond donors (Lipinski definition) is 3. The molecule has 0 spiro atoms. The molecule has 1 aromatic rings. The Morgan fingerprint density at radius 1 is 1.25 bits per heavy atom. The number of ether oxygens (including phenoxy) is 1. The van der Waals surface area contributed by atoms with Crippen molar-refractivity contribution in [2.24, 2.45) is 10.4 Å². The lowest BCUT2D eigenvalue weighted by atomic mass is 9.83. The SMILES string of the molecule is CCNC(=NCC1(CCOCC)CCCC1)NCC(O)c1ccccc1F.I. The van der Waals surface area contributed by atoms with Gasteiger partial charge in [0.2, 0.25) is 0 Å². The van der Waals surface area contributed by atoms with Crippen LogP contribution in [0.15, 0.2) is 29.3 Å². The lowest BCUT2D eigenvalue weighted by molar-refractivity contribution is 0.107. The van der Waals surface area contributed by atoms with Crippen LogP contribution in [-0.4, -0.2) is 43.9 Å². The van der Waals surface area contributed by atoms with E-state index in [-0.39, 0.29) is 35.9 Å². The van der Waals surface area contributed by atoms with E-state index >= 15 is 0 Å². The van der Waals surface area contributed by atoms with Crippen LogP contribution in [0.25, 0.3) is 0 Å². The van der Waals surface area contributed by atoms with E-state index in [1.807, 2.05) is 13.8 Å². The molecular formula is C21H35FIN3O2. The van der Waals surface area contributed by atoms with Crippen molar-refractivity contribution in [1.82, 2.24) is 10.6 Å². The molecule has 0 aromatic heterocycles. The Hall–Kier alpha value is -0.930. The van der Waals surface area contributed by atoms with Gasteiger partial charge in [-0.2, -0.15) is 0 Å². The Morgan fingerprint density at radius 3 is 2.61 bits per heavy atom. The second kappa shape index (κ2) is 13.3. The van der Waals surface area contributed by atoms with E-state index in [1.54, 1.807) is 18.2 Å². The van der Waals surface area contributed by atoms with Crippen LogP contribution in [0.4, 0.5) is 4.39 Å². The first-order valence-corrected chi connectivity index (χ1v) is 10.1. The third-order valence-electron chi connectivity index (χ3n) is 5.29. The first-order valence-electron chi connectivity index (χ1n) is 10.1. The fourth-order valence-corrected chi connectivity index (χ4v) is 3.68. The van der Waals surface area contributed by atoms with Gasteiger partial charge in [-0.1, -0.05) is 31.0 Å². The van der Waals surface area contributed by atoms with Crippen molar-refractivity contribution in [1.29, 1.82) is 0 Å². The molecule has 0 radical (unpaired) electrons. The molecule has 28 heavy (non-hydrogen) atoms. The van der Waals surface area contributed by atoms with Crippen molar-refractivity contribution >= 4 is 29.9 Å². The summed E-state index contributed by atoms with van der Waals surface area (Å²) < 4.78 is 19.4. The van der Waals surface area contributed by atoms with Crippen molar-refractivity contribution in [2.45, 2.75) is 52.1 Å². The molecule has 1 aliphatic carbocycles. The summed E-state index contributed by atoms with van der Waals surface area (Å²) in [4.78, 5) is 4.77. The molecule has 1 atom stereocenters. The molecule has 5 nitrogen and oxygen atoms in total. The first-order chi connectivity index (χ1) is 13.1. The highest BCUT2D eigenvalue weighted by Crippen LogP contribution is 2.41. The molecule has 3 N–H and O–H groups in total. The average Bonchev–Trinajstić information content (AvgIpc) is 3.13. The summed E-state index contributed by atoms with van der Waals surface area (Å²) in [7, 11) is 0. The highest BCUT2D eigenvalue weighted by molar-refractivity contribution is 14.0. The molecule has 1 unspecified atom stereocenters. The molecule has 0 aliphatic heterocycles. The number of halogens is 2. The number of aliphatic hydroxyl groups excluding tert-OH is 1. The van der Waals surface area contributed by atoms with Crippen LogP contribution in [0.2, 0.25) is 0 Å². The minimum absolute atomic E-state index is 0. The molecule has 1 aromatic carbocycles. The third-order valence-corrected chi connectivity index (χ3v) is 5.29. The Balaban J connectivity index is 0.00000392. The number of aliphatic hydroxyl groups is 1. The van der Waals surface area contributed by atoms with Crippen LogP contribution in [-0.2, 0) is 4.74 Å². The Morgan fingerprint density at radius 2 is 1.96 bits per heavy atom. The standard InChI is InChI=1S/C21H34FN3O2.HI/c1-3-23-20(24-15-19(26)17-9-5-6-10-18(17)22)25-16-21(11-7-8-12-21)13-14-27-4-2;/h5-6,9-10,19,26H,3-4,7-8,11-16H2,1-2H3,(H2,23,24,25);1H. The summed E-state index contributed by atoms with van der Waals surface area (Å²) in [5.41, 5.74) is 0.506. The smallest absolute Gasteiger partial charge is 0.191 e. The first kappa shape index (κ1) is 25.1. The lowest BCUT2D eigenvalue weighted by Crippen LogP contribution is -2.40. The van der Waals surface area contributed by atoms with Crippen LogP contribution >= 0.6 is 24.0 Å². The molecule has 7 heteroatoms. The summed E-state index contributed by atoms with van der Waals surface area (Å²) in [5, 5.41) is 16.7. The zero-order valence-electron chi connectivity index (χ0n) is 17.0. The monoisotopic (exact) mass is 507 g/mol. The Kier molecular flexibility index (Phi) is 11.9. The summed E-state index contributed by atoms with van der Waals surface area (Å²) >= 11 is 0. The molecule has 1 fully saturated rings. The van der Waals surface area contributed by atoms with Crippen molar-refractivity contribution in [3.05, 3.63) is 35.6 Å². The van der Waals surface area contributed by atoms with E-state index in [0.29, 0.717) is 11.5 Å². The van der Waals surface area contributed by atoms with E-state index < -0.39 is 11.9 Å². The van der Waals surface area contributed by atoms with Gasteiger partial charge in [-0.05, 0) is 44.6 Å². The number of nitrogens with zero attached hydrogens (tertiary/aromatic N) is 1. The van der Waals surface area contributed by atoms with Gasteiger partial charge in [-0.15, -0.1) is 24.0 Å². The molecule has 0 amide bonds. The summed E-state index contributed by atoms with van der Waals surface area (Å²) in [6.45, 7) is 7.23. The zero-order valence-corrected chi connectivity index (χ0v) is 19.4. The molecule has 0 saturated heterocycles. The third kappa shape index (κ3) is 7.83. The van der Waals surface area contributed by atoms with E-state index in [9.17, 15) is 9.50 Å². The second-order valence-electron chi connectivity index (χ2n) is 7.27. The van der Waals surface area contributed by atoms with Gasteiger partial charge in [0.15, 0.2) is 5.96 Å². The van der Waals surface area contributed by atoms with Crippen LogP contribution in [0.5, 0.6) is 0 Å². The molecule has 1 saturated carbocycles. The highest BCUT2D eigenvalue weighted by Gasteiger charge is 2.33. The second-order valence-corrected chi connectivity index (χ2v) is 7.27. The average molecular weight is 507 g/mol. The fourth-order valence-electron chi connectivity index (χ4n) is 3.68. The van der Waals surface area contributed by atoms with Gasteiger partial charge in [0, 0.05) is 38.4 Å². The zero-order chi connectivity index (χ0) is 19.5. The van der Waals surface area contributed by atoms with Gasteiger partial charge in [-0.3, -0.25) is 4.99 Å². The molecule has 1 aliphatic rings. The quantitative estimate of drug-likeness (QED) is 0.194. The van der Waals surface area contributed by atoms with Gasteiger partial charge in [-0.25, -0.2) is 4.39 Å². The summed E-state index contributed by atoms with van der Waals surface area (Å²) in [6.07, 6.45) is 4.96. The van der Waals surface area contributed by atoms with Crippen molar-refractivity contribution in [3.63, 3.8) is 0 Å². The van der Waals surface area contributed by atoms with E-state index in [2.05, 4.69) is 10.6 Å². The van der Waals surface area contributed by atoms with Crippen molar-refractivity contribution in [2.75, 3.05) is 32.8 Å². The fraction of sp³-hybridized carbons (Fsp3) is 0.667. The van der Waals surface area contributed by atoms with E-state index in [0.717, 1.165) is 32.7 Å². The largest absolute Gasteiger partial charge is 0.386 e. The Bertz CT molecular complexity index is 595. The van der Waals surface area contributed by atoms with Gasteiger partial charge < -0.3 is 20.5 Å². The molecule has 2 rings (SSSR count). The van der Waals surface area contributed by atoms with Gasteiger partial charge in [0.1, 0.15) is 5.82 Å². The number of hydrogen-bond acceptors (Lipinski definition) is 3. The van der Waals surface area contributed by atoms with E-state index in [1.165, 1.54) is 31.7 Å². The molecule has 0 bridgehead atoms. The van der Waals surface area contributed by atoms with E-state index in [4.69, 9.17) is 9.73 Å². The predicted octanol–water partition coefficient (Wildman–Crippen LogP) is 4.02. The minimum Gasteiger partial charge on any atom is -0.386 e. The van der Waals surface area contributed by atoms with Gasteiger partial charge in [0.05, 0.1) is 6.10 Å². The maximum atomic E-state index is 13.8. The maximum Gasteiger partial charge on any atom is 0.191 e. The minimum atomic E-state index is -0.923. The molecule has 160 valence electrons. The maximum absolute atomic E-state index is 13.8. The predicted molar refractivity (Wildman–Crippen MR) is 123 cm³/mol. The normalized spacial score (nSPS) is 17.1. The number of rotatable bonds is 10. The Labute approximate surface area is 185 Å².